The Balaban J connectivity index is 1.96. The van der Waals surface area contributed by atoms with E-state index in [1.807, 2.05) is 23.2 Å². The lowest BCUT2D eigenvalue weighted by Gasteiger charge is -2.30. The van der Waals surface area contributed by atoms with Crippen LogP contribution >= 0.6 is 0 Å². The molecule has 1 aliphatic rings. The fourth-order valence-corrected chi connectivity index (χ4v) is 2.64. The summed E-state index contributed by atoms with van der Waals surface area (Å²) in [4.78, 5) is 20.9. The van der Waals surface area contributed by atoms with Gasteiger partial charge in [0.15, 0.2) is 0 Å². The maximum Gasteiger partial charge on any atom is 0.272 e. The number of carbonyl (C=O) groups excluding carboxylic acids is 1. The molecule has 116 valence electrons. The van der Waals surface area contributed by atoms with E-state index >= 15 is 0 Å². The maximum absolute atomic E-state index is 12.4. The van der Waals surface area contributed by atoms with E-state index in [0.717, 1.165) is 44.1 Å². The van der Waals surface area contributed by atoms with Gasteiger partial charge in [0.2, 0.25) is 0 Å². The summed E-state index contributed by atoms with van der Waals surface area (Å²) in [7, 11) is 2.07. The van der Waals surface area contributed by atoms with E-state index in [9.17, 15) is 4.79 Å². The van der Waals surface area contributed by atoms with Crippen LogP contribution in [0, 0.1) is 5.92 Å². The van der Waals surface area contributed by atoms with Crippen LogP contribution in [0.3, 0.4) is 0 Å². The van der Waals surface area contributed by atoms with Crippen molar-refractivity contribution in [2.45, 2.75) is 39.5 Å². The first kappa shape index (κ1) is 15.8. The highest BCUT2D eigenvalue weighted by molar-refractivity contribution is 5.92. The molecular weight excluding hydrogens is 262 g/mol. The third-order valence-corrected chi connectivity index (χ3v) is 4.33. The summed E-state index contributed by atoms with van der Waals surface area (Å²) in [5.74, 6) is 0.807. The molecule has 0 atom stereocenters. The Bertz CT molecular complexity index is 450. The van der Waals surface area contributed by atoms with Crippen LogP contribution in [-0.2, 0) is 0 Å². The van der Waals surface area contributed by atoms with Gasteiger partial charge in [0.25, 0.3) is 5.91 Å². The smallest absolute Gasteiger partial charge is 0.272 e. The summed E-state index contributed by atoms with van der Waals surface area (Å²) in [5, 5.41) is 0. The van der Waals surface area contributed by atoms with E-state index in [4.69, 9.17) is 0 Å². The molecule has 0 unspecified atom stereocenters. The number of hydrogen-bond acceptors (Lipinski definition) is 3. The second-order valence-corrected chi connectivity index (χ2v) is 6.15. The van der Waals surface area contributed by atoms with Gasteiger partial charge in [-0.15, -0.1) is 0 Å². The van der Waals surface area contributed by atoms with Crippen LogP contribution in [0.4, 0.5) is 5.69 Å². The highest BCUT2D eigenvalue weighted by atomic mass is 16.2. The van der Waals surface area contributed by atoms with Crippen molar-refractivity contribution in [3.05, 3.63) is 24.0 Å². The van der Waals surface area contributed by atoms with E-state index in [0.29, 0.717) is 5.69 Å². The van der Waals surface area contributed by atoms with E-state index < -0.39 is 0 Å². The molecule has 1 aromatic rings. The molecule has 0 radical (unpaired) electrons. The topological polar surface area (TPSA) is 36.4 Å². The molecule has 2 heterocycles. The molecule has 0 bridgehead atoms. The van der Waals surface area contributed by atoms with Gasteiger partial charge in [0, 0.05) is 26.7 Å². The number of rotatable bonds is 5. The zero-order chi connectivity index (χ0) is 15.2. The van der Waals surface area contributed by atoms with Crippen molar-refractivity contribution in [1.82, 2.24) is 9.88 Å². The van der Waals surface area contributed by atoms with Crippen LogP contribution in [-0.4, -0.2) is 42.5 Å². The van der Waals surface area contributed by atoms with E-state index in [2.05, 4.69) is 30.8 Å². The molecular formula is C17H27N3O. The first-order valence-electron chi connectivity index (χ1n) is 8.08. The van der Waals surface area contributed by atoms with Gasteiger partial charge in [-0.3, -0.25) is 4.79 Å². The van der Waals surface area contributed by atoms with Gasteiger partial charge in [-0.1, -0.05) is 20.3 Å². The van der Waals surface area contributed by atoms with Gasteiger partial charge in [-0.2, -0.15) is 0 Å². The summed E-state index contributed by atoms with van der Waals surface area (Å²) in [6.07, 6.45) is 6.37. The van der Waals surface area contributed by atoms with Gasteiger partial charge >= 0.3 is 0 Å². The molecule has 0 saturated carbocycles. The van der Waals surface area contributed by atoms with E-state index in [1.54, 1.807) is 0 Å². The Hall–Kier alpha value is -1.58. The van der Waals surface area contributed by atoms with Crippen molar-refractivity contribution < 1.29 is 4.79 Å². The molecule has 2 rings (SSSR count). The summed E-state index contributed by atoms with van der Waals surface area (Å²) >= 11 is 0. The van der Waals surface area contributed by atoms with Crippen molar-refractivity contribution in [2.75, 3.05) is 31.6 Å². The molecule has 0 spiro atoms. The predicted octanol–water partition coefficient (Wildman–Crippen LogP) is 3.19. The molecule has 1 aliphatic heterocycles. The molecule has 0 aliphatic carbocycles. The van der Waals surface area contributed by atoms with Crippen LogP contribution in [0.5, 0.6) is 0 Å². The first-order valence-corrected chi connectivity index (χ1v) is 8.08. The minimum absolute atomic E-state index is 0.0738. The van der Waals surface area contributed by atoms with Gasteiger partial charge in [0.05, 0.1) is 11.9 Å². The molecule has 4 heteroatoms. The number of aromatic nitrogens is 1. The normalized spacial score (nSPS) is 16.0. The molecule has 21 heavy (non-hydrogen) atoms. The number of carbonyl (C=O) groups is 1. The number of unbranched alkanes of at least 4 members (excludes halogenated alkanes) is 1. The molecule has 1 aromatic heterocycles. The van der Waals surface area contributed by atoms with E-state index in [-0.39, 0.29) is 5.91 Å². The quantitative estimate of drug-likeness (QED) is 0.835. The Morgan fingerprint density at radius 1 is 1.38 bits per heavy atom. The predicted molar refractivity (Wildman–Crippen MR) is 86.7 cm³/mol. The Kier molecular flexibility index (Phi) is 5.59. The Morgan fingerprint density at radius 2 is 2.10 bits per heavy atom. The SMILES string of the molecule is CCCCN(C)c1ccc(C(=O)N2CCC(C)CC2)nc1. The standard InChI is InChI=1S/C17H27N3O/c1-4-5-10-19(3)15-6-7-16(18-13-15)17(21)20-11-8-14(2)9-12-20/h6-7,13-14H,4-5,8-12H2,1-3H3. The minimum atomic E-state index is 0.0738. The Labute approximate surface area is 128 Å². The number of hydrogen-bond donors (Lipinski definition) is 0. The lowest BCUT2D eigenvalue weighted by atomic mass is 9.99. The third-order valence-electron chi connectivity index (χ3n) is 4.33. The summed E-state index contributed by atoms with van der Waals surface area (Å²) < 4.78 is 0. The van der Waals surface area contributed by atoms with Crippen LogP contribution in [0.15, 0.2) is 18.3 Å². The Morgan fingerprint density at radius 3 is 2.67 bits per heavy atom. The summed E-state index contributed by atoms with van der Waals surface area (Å²) in [5.41, 5.74) is 1.64. The van der Waals surface area contributed by atoms with Crippen molar-refractivity contribution in [2.24, 2.45) is 5.92 Å². The monoisotopic (exact) mass is 289 g/mol. The van der Waals surface area contributed by atoms with Crippen molar-refractivity contribution in [3.63, 3.8) is 0 Å². The van der Waals surface area contributed by atoms with Gasteiger partial charge in [-0.25, -0.2) is 4.98 Å². The number of amides is 1. The van der Waals surface area contributed by atoms with Gasteiger partial charge in [0.1, 0.15) is 5.69 Å². The molecule has 1 saturated heterocycles. The number of anilines is 1. The van der Waals surface area contributed by atoms with Crippen LogP contribution < -0.4 is 4.90 Å². The molecule has 0 N–H and O–H groups in total. The van der Waals surface area contributed by atoms with Crippen molar-refractivity contribution in [3.8, 4) is 0 Å². The summed E-state index contributed by atoms with van der Waals surface area (Å²) in [6, 6.07) is 3.86. The average molecular weight is 289 g/mol. The molecule has 0 aromatic carbocycles. The molecule has 4 nitrogen and oxygen atoms in total. The van der Waals surface area contributed by atoms with Crippen LogP contribution in [0.25, 0.3) is 0 Å². The molecule has 1 amide bonds. The number of likely N-dealkylation sites (tertiary alicyclic amines) is 1. The minimum Gasteiger partial charge on any atom is -0.373 e. The zero-order valence-corrected chi connectivity index (χ0v) is 13.5. The van der Waals surface area contributed by atoms with Crippen molar-refractivity contribution >= 4 is 11.6 Å². The van der Waals surface area contributed by atoms with Gasteiger partial charge in [-0.05, 0) is 37.3 Å². The average Bonchev–Trinajstić information content (AvgIpc) is 2.53. The largest absolute Gasteiger partial charge is 0.373 e. The summed E-state index contributed by atoms with van der Waals surface area (Å²) in [6.45, 7) is 7.18. The number of pyridine rings is 1. The van der Waals surface area contributed by atoms with E-state index in [1.165, 1.54) is 12.8 Å². The number of nitrogens with zero attached hydrogens (tertiary/aromatic N) is 3. The van der Waals surface area contributed by atoms with Crippen LogP contribution in [0.2, 0.25) is 0 Å². The second-order valence-electron chi connectivity index (χ2n) is 6.15. The fraction of sp³-hybridized carbons (Fsp3) is 0.647. The van der Waals surface area contributed by atoms with Crippen LogP contribution in [0.1, 0.15) is 50.0 Å². The third kappa shape index (κ3) is 4.19. The lowest BCUT2D eigenvalue weighted by molar-refractivity contribution is 0.0691. The van der Waals surface area contributed by atoms with Crippen molar-refractivity contribution in [1.29, 1.82) is 0 Å². The fourth-order valence-electron chi connectivity index (χ4n) is 2.64. The lowest BCUT2D eigenvalue weighted by Crippen LogP contribution is -2.38. The number of piperidine rings is 1. The maximum atomic E-state index is 12.4. The molecule has 1 fully saturated rings. The zero-order valence-electron chi connectivity index (χ0n) is 13.5. The van der Waals surface area contributed by atoms with Gasteiger partial charge < -0.3 is 9.80 Å². The first-order chi connectivity index (χ1) is 10.1. The second kappa shape index (κ2) is 7.43. The highest BCUT2D eigenvalue weighted by Gasteiger charge is 2.22. The highest BCUT2D eigenvalue weighted by Crippen LogP contribution is 2.18.